The molecule has 0 saturated carbocycles. The molecular weight excluding hydrogens is 675 g/mol. The summed E-state index contributed by atoms with van der Waals surface area (Å²) >= 11 is 0. The Morgan fingerprint density at radius 3 is 1.89 bits per heavy atom. The van der Waals surface area contributed by atoms with Crippen LogP contribution in [0.4, 0.5) is 4.79 Å². The van der Waals surface area contributed by atoms with Crippen molar-refractivity contribution in [2.24, 2.45) is 0 Å². The van der Waals surface area contributed by atoms with E-state index in [1.807, 2.05) is 66.7 Å². The molecule has 1 amide bonds. The van der Waals surface area contributed by atoms with Gasteiger partial charge in [-0.05, 0) is 70.1 Å². The third-order valence-electron chi connectivity index (χ3n) is 10.1. The monoisotopic (exact) mass is 717 g/mol. The average Bonchev–Trinajstić information content (AvgIpc) is 3.54. The number of ether oxygens (including phenoxy) is 4. The van der Waals surface area contributed by atoms with Crippen molar-refractivity contribution in [1.82, 2.24) is 5.32 Å². The third kappa shape index (κ3) is 8.01. The maximum Gasteiger partial charge on any atom is 0.407 e. The van der Waals surface area contributed by atoms with Gasteiger partial charge in [-0.15, -0.1) is 0 Å². The molecule has 272 valence electrons. The molecule has 0 aromatic heterocycles. The normalized spacial score (nSPS) is 12.9. The van der Waals surface area contributed by atoms with Gasteiger partial charge in [-0.25, -0.2) is 4.79 Å². The number of rotatable bonds is 14. The fraction of sp³-hybridized carbons (Fsp3) is 0.191. The molecule has 6 aromatic carbocycles. The van der Waals surface area contributed by atoms with Crippen LogP contribution in [0.25, 0.3) is 11.1 Å². The van der Waals surface area contributed by atoms with E-state index < -0.39 is 12.1 Å². The minimum Gasteiger partial charge on any atom is -0.497 e. The molecule has 1 N–H and O–H groups in total. The maximum atomic E-state index is 13.6. The van der Waals surface area contributed by atoms with Crippen LogP contribution < -0.4 is 19.5 Å². The van der Waals surface area contributed by atoms with Crippen molar-refractivity contribution in [3.05, 3.63) is 185 Å². The van der Waals surface area contributed by atoms with Gasteiger partial charge in [0.15, 0.2) is 5.78 Å². The van der Waals surface area contributed by atoms with Crippen molar-refractivity contribution in [3.8, 4) is 28.4 Å². The van der Waals surface area contributed by atoms with Gasteiger partial charge >= 0.3 is 6.09 Å². The number of amides is 1. The van der Waals surface area contributed by atoms with Crippen molar-refractivity contribution in [1.29, 1.82) is 0 Å². The zero-order valence-electron chi connectivity index (χ0n) is 30.7. The van der Waals surface area contributed by atoms with E-state index in [1.165, 1.54) is 5.56 Å². The summed E-state index contributed by atoms with van der Waals surface area (Å²) in [6, 6.07) is 47.1. The van der Waals surface area contributed by atoms with Crippen molar-refractivity contribution < 1.29 is 28.5 Å². The average molecular weight is 718 g/mol. The second kappa shape index (κ2) is 16.6. The molecule has 0 radical (unpaired) electrons. The molecule has 2 atom stereocenters. The second-order valence-electron chi connectivity index (χ2n) is 13.5. The van der Waals surface area contributed by atoms with Crippen molar-refractivity contribution >= 4 is 11.9 Å². The molecule has 0 bridgehead atoms. The van der Waals surface area contributed by atoms with Crippen LogP contribution in [-0.2, 0) is 9.53 Å². The summed E-state index contributed by atoms with van der Waals surface area (Å²) < 4.78 is 23.1. The van der Waals surface area contributed by atoms with E-state index in [0.717, 1.165) is 44.5 Å². The maximum absolute atomic E-state index is 13.6. The lowest BCUT2D eigenvalue weighted by Gasteiger charge is -2.23. The molecule has 0 aliphatic heterocycles. The molecule has 7 heteroatoms. The Bertz CT molecular complexity index is 2170. The molecule has 0 fully saturated rings. The second-order valence-corrected chi connectivity index (χ2v) is 13.5. The molecule has 54 heavy (non-hydrogen) atoms. The van der Waals surface area contributed by atoms with Gasteiger partial charge < -0.3 is 24.3 Å². The number of Topliss-reactive ketones (excluding diaryl/α,β-unsaturated/α-hetero) is 1. The van der Waals surface area contributed by atoms with Crippen LogP contribution in [-0.4, -0.2) is 39.3 Å². The molecule has 1 aliphatic rings. The van der Waals surface area contributed by atoms with E-state index in [2.05, 4.69) is 72.9 Å². The van der Waals surface area contributed by atoms with Gasteiger partial charge in [0.2, 0.25) is 0 Å². The number of hydrogen-bond donors (Lipinski definition) is 1. The lowest BCUT2D eigenvalue weighted by Crippen LogP contribution is -2.31. The summed E-state index contributed by atoms with van der Waals surface area (Å²) in [5, 5.41) is 3.08. The molecule has 0 saturated heterocycles. The van der Waals surface area contributed by atoms with E-state index in [4.69, 9.17) is 18.9 Å². The summed E-state index contributed by atoms with van der Waals surface area (Å²) in [7, 11) is 3.17. The highest BCUT2D eigenvalue weighted by Crippen LogP contribution is 2.44. The molecule has 0 heterocycles. The Kier molecular flexibility index (Phi) is 11.0. The lowest BCUT2D eigenvalue weighted by atomic mass is 9.87. The number of ketones is 1. The van der Waals surface area contributed by atoms with Crippen molar-refractivity contribution in [2.45, 2.75) is 31.2 Å². The fourth-order valence-electron chi connectivity index (χ4n) is 7.27. The Balaban J connectivity index is 1.06. The first kappa shape index (κ1) is 36.0. The zero-order chi connectivity index (χ0) is 37.4. The van der Waals surface area contributed by atoms with Crippen LogP contribution in [0.15, 0.2) is 146 Å². The van der Waals surface area contributed by atoms with Gasteiger partial charge in [0.25, 0.3) is 0 Å². The van der Waals surface area contributed by atoms with E-state index in [9.17, 15) is 9.59 Å². The summed E-state index contributed by atoms with van der Waals surface area (Å²) in [6.07, 6.45) is -0.249. The number of methoxy groups -OCH3 is 2. The van der Waals surface area contributed by atoms with Crippen LogP contribution >= 0.6 is 0 Å². The van der Waals surface area contributed by atoms with E-state index in [1.54, 1.807) is 32.4 Å². The Morgan fingerprint density at radius 2 is 1.24 bits per heavy atom. The Morgan fingerprint density at radius 1 is 0.648 bits per heavy atom. The first-order chi connectivity index (χ1) is 26.4. The molecule has 7 rings (SSSR count). The zero-order valence-corrected chi connectivity index (χ0v) is 30.7. The SMILES string of the molecule is COc1ccc(C(NC(=O)OCC2c3ccccc3-c3ccccc32)c2ccc(OCC(=O)CC(c3ccccc3)c3ccc(C)cc3)cc2)c(OC)c1. The number of alkyl carbamates (subject to hydrolysis) is 1. The van der Waals surface area contributed by atoms with E-state index in [0.29, 0.717) is 23.7 Å². The van der Waals surface area contributed by atoms with Gasteiger partial charge in [-0.1, -0.05) is 121 Å². The highest BCUT2D eigenvalue weighted by Gasteiger charge is 2.30. The van der Waals surface area contributed by atoms with Crippen LogP contribution in [0, 0.1) is 6.92 Å². The first-order valence-electron chi connectivity index (χ1n) is 18.1. The van der Waals surface area contributed by atoms with Crippen LogP contribution in [0.1, 0.15) is 63.2 Å². The predicted octanol–water partition coefficient (Wildman–Crippen LogP) is 9.81. The molecule has 6 aromatic rings. The summed E-state index contributed by atoms with van der Waals surface area (Å²) in [6.45, 7) is 2.17. The van der Waals surface area contributed by atoms with Crippen LogP contribution in [0.5, 0.6) is 17.2 Å². The minimum absolute atomic E-state index is 0.00808. The molecule has 1 aliphatic carbocycles. The van der Waals surface area contributed by atoms with Gasteiger partial charge in [-0.2, -0.15) is 0 Å². The topological polar surface area (TPSA) is 83.1 Å². The Hall–Kier alpha value is -6.34. The Labute approximate surface area is 316 Å². The first-order valence-corrected chi connectivity index (χ1v) is 18.1. The number of carbonyl (C=O) groups is 2. The van der Waals surface area contributed by atoms with Gasteiger partial charge in [-0.3, -0.25) is 4.79 Å². The summed E-state index contributed by atoms with van der Waals surface area (Å²) in [5.74, 6) is 1.56. The molecule has 2 unspecified atom stereocenters. The highest BCUT2D eigenvalue weighted by molar-refractivity contribution is 5.81. The molecule has 0 spiro atoms. The fourth-order valence-corrected chi connectivity index (χ4v) is 7.27. The number of hydrogen-bond acceptors (Lipinski definition) is 6. The summed E-state index contributed by atoms with van der Waals surface area (Å²) in [5.41, 5.74) is 9.44. The highest BCUT2D eigenvalue weighted by atomic mass is 16.5. The van der Waals surface area contributed by atoms with Crippen LogP contribution in [0.2, 0.25) is 0 Å². The molecular formula is C47H43NO6. The van der Waals surface area contributed by atoms with Crippen molar-refractivity contribution in [2.75, 3.05) is 27.4 Å². The molecule has 7 nitrogen and oxygen atoms in total. The summed E-state index contributed by atoms with van der Waals surface area (Å²) in [4.78, 5) is 26.9. The predicted molar refractivity (Wildman–Crippen MR) is 211 cm³/mol. The third-order valence-corrected chi connectivity index (χ3v) is 10.1. The number of fused-ring (bicyclic) bond motifs is 3. The smallest absolute Gasteiger partial charge is 0.407 e. The van der Waals surface area contributed by atoms with E-state index >= 15 is 0 Å². The van der Waals surface area contributed by atoms with E-state index in [-0.39, 0.29) is 30.8 Å². The largest absolute Gasteiger partial charge is 0.497 e. The number of aryl methyl sites for hydroxylation is 1. The van der Waals surface area contributed by atoms with Crippen LogP contribution in [0.3, 0.4) is 0 Å². The minimum atomic E-state index is -0.627. The van der Waals surface area contributed by atoms with Crippen molar-refractivity contribution in [3.63, 3.8) is 0 Å². The van der Waals surface area contributed by atoms with Gasteiger partial charge in [0, 0.05) is 29.9 Å². The lowest BCUT2D eigenvalue weighted by molar-refractivity contribution is -0.121. The number of benzene rings is 6. The standard InChI is InChI=1S/C47H43NO6/c1-31-17-19-33(20-18-31)43(32-11-5-4-6-12-32)27-35(49)29-53-36-23-21-34(22-24-36)46(42-26-25-37(51-2)28-45(42)52-3)48-47(50)54-30-44-40-15-9-7-13-38(40)39-14-8-10-16-41(39)44/h4-26,28,43-44,46H,27,29-30H2,1-3H3,(H,48,50). The number of carbonyl (C=O) groups excluding carboxylic acids is 2. The van der Waals surface area contributed by atoms with Gasteiger partial charge in [0.1, 0.15) is 30.5 Å². The quantitative estimate of drug-likeness (QED) is 0.121. The van der Waals surface area contributed by atoms with Gasteiger partial charge in [0.05, 0.1) is 20.3 Å². The number of nitrogens with one attached hydrogen (secondary N) is 1.